The molecular weight excluding hydrogens is 376 g/mol. The molecule has 2 aromatic carbocycles. The fourth-order valence-corrected chi connectivity index (χ4v) is 4.50. The highest BCUT2D eigenvalue weighted by Crippen LogP contribution is 2.25. The van der Waals surface area contributed by atoms with Gasteiger partial charge in [0.05, 0.1) is 13.3 Å². The van der Waals surface area contributed by atoms with Gasteiger partial charge in [-0.05, 0) is 42.9 Å². The Morgan fingerprint density at radius 2 is 1.80 bits per heavy atom. The van der Waals surface area contributed by atoms with Gasteiger partial charge in [0.25, 0.3) is 0 Å². The zero-order chi connectivity index (χ0) is 20.8. The number of methoxy groups -OCH3 is 1. The summed E-state index contributed by atoms with van der Waals surface area (Å²) in [7, 11) is 1.67. The Morgan fingerprint density at radius 1 is 1.07 bits per heavy atom. The van der Waals surface area contributed by atoms with Gasteiger partial charge in [0.1, 0.15) is 5.75 Å². The van der Waals surface area contributed by atoms with Gasteiger partial charge in [-0.15, -0.1) is 0 Å². The number of carbonyl (C=O) groups is 1. The highest BCUT2D eigenvalue weighted by molar-refractivity contribution is 5.76. The van der Waals surface area contributed by atoms with Gasteiger partial charge in [-0.2, -0.15) is 0 Å². The van der Waals surface area contributed by atoms with Crippen molar-refractivity contribution >= 4 is 5.91 Å². The second-order valence-electron chi connectivity index (χ2n) is 8.19. The van der Waals surface area contributed by atoms with Gasteiger partial charge < -0.3 is 10.1 Å². The number of amides is 1. The lowest BCUT2D eigenvalue weighted by atomic mass is 10.0. The molecule has 2 aliphatic rings. The van der Waals surface area contributed by atoms with E-state index in [0.29, 0.717) is 25.0 Å². The van der Waals surface area contributed by atoms with Crippen molar-refractivity contribution < 1.29 is 9.53 Å². The van der Waals surface area contributed by atoms with Gasteiger partial charge in [0.15, 0.2) is 0 Å². The molecule has 0 radical (unpaired) electrons. The summed E-state index contributed by atoms with van der Waals surface area (Å²) >= 11 is 0. The summed E-state index contributed by atoms with van der Waals surface area (Å²) in [5.74, 6) is 0.981. The molecule has 2 fully saturated rings. The van der Waals surface area contributed by atoms with Crippen LogP contribution in [0.3, 0.4) is 0 Å². The maximum absolute atomic E-state index is 12.4. The van der Waals surface area contributed by atoms with Crippen molar-refractivity contribution in [2.45, 2.75) is 50.4 Å². The van der Waals surface area contributed by atoms with Crippen molar-refractivity contribution in [3.05, 3.63) is 65.7 Å². The van der Waals surface area contributed by atoms with E-state index in [-0.39, 0.29) is 11.9 Å². The first-order valence-electron chi connectivity index (χ1n) is 10.9. The summed E-state index contributed by atoms with van der Waals surface area (Å²) in [5.41, 5.74) is 9.30. The smallest absolute Gasteiger partial charge is 0.220 e. The maximum Gasteiger partial charge on any atom is 0.220 e. The highest BCUT2D eigenvalue weighted by atomic mass is 16.5. The van der Waals surface area contributed by atoms with Crippen molar-refractivity contribution in [2.24, 2.45) is 0 Å². The monoisotopic (exact) mass is 408 g/mol. The van der Waals surface area contributed by atoms with E-state index in [1.807, 2.05) is 24.3 Å². The van der Waals surface area contributed by atoms with Crippen LogP contribution in [0, 0.1) is 0 Å². The standard InChI is InChI=1S/C24H32N4O2/c1-30-22-10-6-5-9-19(22)11-12-24(29)25-20-13-15-28(16-14-20)23-17-21(26-27-23)18-7-3-2-4-8-18/h2-10,20-21,23,26-27H,11-17H2,1H3,(H,25,29). The van der Waals surface area contributed by atoms with E-state index >= 15 is 0 Å². The number of para-hydroxylation sites is 1. The van der Waals surface area contributed by atoms with E-state index < -0.39 is 0 Å². The van der Waals surface area contributed by atoms with Crippen molar-refractivity contribution in [2.75, 3.05) is 20.2 Å². The molecule has 2 aliphatic heterocycles. The van der Waals surface area contributed by atoms with Crippen molar-refractivity contribution in [1.29, 1.82) is 0 Å². The van der Waals surface area contributed by atoms with Crippen LogP contribution < -0.4 is 20.9 Å². The molecule has 2 aromatic rings. The number of likely N-dealkylation sites (tertiary alicyclic amines) is 1. The number of hydrogen-bond acceptors (Lipinski definition) is 5. The van der Waals surface area contributed by atoms with Crippen LogP contribution in [0.1, 0.15) is 42.9 Å². The van der Waals surface area contributed by atoms with Crippen molar-refractivity contribution in [1.82, 2.24) is 21.1 Å². The van der Waals surface area contributed by atoms with Gasteiger partial charge in [0, 0.05) is 31.6 Å². The molecule has 1 amide bonds. The van der Waals surface area contributed by atoms with Gasteiger partial charge in [-0.3, -0.25) is 9.69 Å². The second-order valence-corrected chi connectivity index (χ2v) is 8.19. The van der Waals surface area contributed by atoms with Crippen molar-refractivity contribution in [3.8, 4) is 5.75 Å². The number of piperidine rings is 1. The van der Waals surface area contributed by atoms with E-state index in [9.17, 15) is 4.79 Å². The lowest BCUT2D eigenvalue weighted by Crippen LogP contribution is -2.51. The molecule has 6 heteroatoms. The summed E-state index contributed by atoms with van der Waals surface area (Å²) in [6.45, 7) is 2.00. The molecule has 0 bridgehead atoms. The number of hydrogen-bond donors (Lipinski definition) is 3. The number of ether oxygens (including phenoxy) is 1. The molecule has 3 N–H and O–H groups in total. The molecule has 160 valence electrons. The predicted octanol–water partition coefficient (Wildman–Crippen LogP) is 2.77. The summed E-state index contributed by atoms with van der Waals surface area (Å²) in [6.07, 6.45) is 4.58. The third kappa shape index (κ3) is 5.19. The Bertz CT molecular complexity index is 821. The molecule has 0 spiro atoms. The van der Waals surface area contributed by atoms with Crippen LogP contribution in [0.25, 0.3) is 0 Å². The lowest BCUT2D eigenvalue weighted by Gasteiger charge is -2.35. The summed E-state index contributed by atoms with van der Waals surface area (Å²) in [5, 5.41) is 3.23. The largest absolute Gasteiger partial charge is 0.496 e. The molecule has 0 aliphatic carbocycles. The molecule has 30 heavy (non-hydrogen) atoms. The van der Waals surface area contributed by atoms with Crippen molar-refractivity contribution in [3.63, 3.8) is 0 Å². The molecule has 2 saturated heterocycles. The van der Waals surface area contributed by atoms with Crippen LogP contribution in [0.2, 0.25) is 0 Å². The Hall–Kier alpha value is -2.41. The summed E-state index contributed by atoms with van der Waals surface area (Å²) in [4.78, 5) is 14.9. The average Bonchev–Trinajstić information content (AvgIpc) is 3.29. The SMILES string of the molecule is COc1ccccc1CCC(=O)NC1CCN(C2CC(c3ccccc3)NN2)CC1. The average molecular weight is 409 g/mol. The molecular formula is C24H32N4O2. The van der Waals surface area contributed by atoms with E-state index in [0.717, 1.165) is 43.7 Å². The van der Waals surface area contributed by atoms with Crippen LogP contribution in [-0.4, -0.2) is 43.2 Å². The Kier molecular flexibility index (Phi) is 7.00. The Balaban J connectivity index is 1.19. The Morgan fingerprint density at radius 3 is 2.57 bits per heavy atom. The fraction of sp³-hybridized carbons (Fsp3) is 0.458. The number of hydrazine groups is 1. The highest BCUT2D eigenvalue weighted by Gasteiger charge is 2.32. The summed E-state index contributed by atoms with van der Waals surface area (Å²) in [6, 6.07) is 19.1. The number of aryl methyl sites for hydroxylation is 1. The first-order chi connectivity index (χ1) is 14.7. The molecule has 2 heterocycles. The predicted molar refractivity (Wildman–Crippen MR) is 118 cm³/mol. The zero-order valence-corrected chi connectivity index (χ0v) is 17.6. The fourth-order valence-electron chi connectivity index (χ4n) is 4.50. The minimum absolute atomic E-state index is 0.129. The third-order valence-corrected chi connectivity index (χ3v) is 6.23. The van der Waals surface area contributed by atoms with Crippen LogP contribution in [0.5, 0.6) is 5.75 Å². The minimum Gasteiger partial charge on any atom is -0.496 e. The molecule has 6 nitrogen and oxygen atoms in total. The van der Waals surface area contributed by atoms with Gasteiger partial charge in [-0.25, -0.2) is 10.9 Å². The third-order valence-electron chi connectivity index (χ3n) is 6.23. The number of nitrogens with zero attached hydrogens (tertiary/aromatic N) is 1. The van der Waals surface area contributed by atoms with Gasteiger partial charge >= 0.3 is 0 Å². The first-order valence-corrected chi connectivity index (χ1v) is 10.9. The second kappa shape index (κ2) is 10.1. The lowest BCUT2D eigenvalue weighted by molar-refractivity contribution is -0.122. The number of carbonyl (C=O) groups excluding carboxylic acids is 1. The molecule has 0 saturated carbocycles. The van der Waals surface area contributed by atoms with Crippen LogP contribution >= 0.6 is 0 Å². The van der Waals surface area contributed by atoms with Crippen LogP contribution in [0.4, 0.5) is 0 Å². The van der Waals surface area contributed by atoms with Crippen LogP contribution in [-0.2, 0) is 11.2 Å². The van der Waals surface area contributed by atoms with E-state index in [4.69, 9.17) is 4.74 Å². The topological polar surface area (TPSA) is 65.6 Å². The van der Waals surface area contributed by atoms with Crippen LogP contribution in [0.15, 0.2) is 54.6 Å². The molecule has 2 unspecified atom stereocenters. The van der Waals surface area contributed by atoms with Gasteiger partial charge in [0.2, 0.25) is 5.91 Å². The molecule has 0 aromatic heterocycles. The number of nitrogens with one attached hydrogen (secondary N) is 3. The quantitative estimate of drug-likeness (QED) is 0.658. The normalized spacial score (nSPS) is 22.7. The zero-order valence-electron chi connectivity index (χ0n) is 17.6. The van der Waals surface area contributed by atoms with E-state index in [1.165, 1.54) is 5.56 Å². The molecule has 4 rings (SSSR count). The summed E-state index contributed by atoms with van der Waals surface area (Å²) < 4.78 is 5.38. The Labute approximate surface area is 179 Å². The van der Waals surface area contributed by atoms with E-state index in [1.54, 1.807) is 7.11 Å². The van der Waals surface area contributed by atoms with Gasteiger partial charge in [-0.1, -0.05) is 48.5 Å². The van der Waals surface area contributed by atoms with E-state index in [2.05, 4.69) is 51.4 Å². The number of rotatable bonds is 7. The number of benzene rings is 2. The maximum atomic E-state index is 12.4. The first kappa shape index (κ1) is 20.8. The minimum atomic E-state index is 0.129. The molecule has 2 atom stereocenters.